The summed E-state index contributed by atoms with van der Waals surface area (Å²) in [7, 11) is 0. The Bertz CT molecular complexity index is 243. The number of hydrogen-bond donors (Lipinski definition) is 0. The lowest BCUT2D eigenvalue weighted by Gasteiger charge is -2.27. The van der Waals surface area contributed by atoms with Gasteiger partial charge >= 0.3 is 0 Å². The van der Waals surface area contributed by atoms with Gasteiger partial charge in [-0.05, 0) is 42.9 Å². The third-order valence-corrected chi connectivity index (χ3v) is 3.93. The quantitative estimate of drug-likeness (QED) is 0.645. The van der Waals surface area contributed by atoms with Gasteiger partial charge in [0.15, 0.2) is 0 Å². The second-order valence-corrected chi connectivity index (χ2v) is 4.39. The molecule has 68 valence electrons. The lowest BCUT2D eigenvalue weighted by Crippen LogP contribution is -2.21. The Morgan fingerprint density at radius 3 is 1.77 bits per heavy atom. The fraction of sp³-hybridized carbons (Fsp3) is 0.818. The fourth-order valence-corrected chi connectivity index (χ4v) is 3.38. The van der Waals surface area contributed by atoms with Crippen LogP contribution in [-0.2, 0) is 0 Å². The van der Waals surface area contributed by atoms with E-state index in [1.165, 1.54) is 19.3 Å². The Balaban J connectivity index is 2.07. The zero-order valence-corrected chi connectivity index (χ0v) is 7.74. The normalized spacial score (nSPS) is 41.4. The van der Waals surface area contributed by atoms with Crippen molar-refractivity contribution in [3.05, 3.63) is 0 Å². The maximum Gasteiger partial charge on any atom is 0.0624 e. The van der Waals surface area contributed by atoms with Crippen molar-refractivity contribution < 1.29 is 0 Å². The molecular weight excluding hydrogens is 160 g/mol. The molecule has 0 spiro atoms. The molecule has 0 aromatic heterocycles. The highest BCUT2D eigenvalue weighted by Gasteiger charge is 2.46. The van der Waals surface area contributed by atoms with Gasteiger partial charge in [0, 0.05) is 12.8 Å². The maximum absolute atomic E-state index is 8.71. The van der Waals surface area contributed by atoms with Crippen LogP contribution in [0.5, 0.6) is 0 Å². The van der Waals surface area contributed by atoms with Gasteiger partial charge in [0.05, 0.1) is 12.1 Å². The van der Waals surface area contributed by atoms with Crippen LogP contribution >= 0.6 is 0 Å². The Kier molecular flexibility index (Phi) is 2.23. The summed E-state index contributed by atoms with van der Waals surface area (Å²) >= 11 is 0. The van der Waals surface area contributed by atoms with Crippen molar-refractivity contribution in [1.82, 2.24) is 0 Å². The van der Waals surface area contributed by atoms with Gasteiger partial charge < -0.3 is 0 Å². The monoisotopic (exact) mass is 174 g/mol. The Morgan fingerprint density at radius 2 is 1.38 bits per heavy atom. The van der Waals surface area contributed by atoms with E-state index in [4.69, 9.17) is 10.5 Å². The van der Waals surface area contributed by atoms with Crippen LogP contribution in [0.1, 0.15) is 32.1 Å². The van der Waals surface area contributed by atoms with E-state index in [1.54, 1.807) is 0 Å². The number of nitrogens with zero attached hydrogens (tertiary/aromatic N) is 2. The molecule has 0 saturated heterocycles. The summed E-state index contributed by atoms with van der Waals surface area (Å²) in [4.78, 5) is 0. The van der Waals surface area contributed by atoms with Crippen molar-refractivity contribution >= 4 is 0 Å². The molecule has 2 aliphatic carbocycles. The van der Waals surface area contributed by atoms with Crippen LogP contribution in [0, 0.1) is 46.3 Å². The first-order chi connectivity index (χ1) is 6.36. The predicted molar refractivity (Wildman–Crippen MR) is 48.3 cm³/mol. The summed E-state index contributed by atoms with van der Waals surface area (Å²) in [6, 6.07) is 4.55. The molecule has 2 rings (SSSR count). The zero-order valence-electron chi connectivity index (χ0n) is 7.74. The smallest absolute Gasteiger partial charge is 0.0624 e. The van der Waals surface area contributed by atoms with Crippen LogP contribution in [0.25, 0.3) is 0 Å². The average Bonchev–Trinajstić information content (AvgIpc) is 2.69. The first kappa shape index (κ1) is 8.57. The van der Waals surface area contributed by atoms with Crippen molar-refractivity contribution in [2.75, 3.05) is 0 Å². The van der Waals surface area contributed by atoms with E-state index in [1.807, 2.05) is 0 Å². The minimum atomic E-state index is 0.545. The van der Waals surface area contributed by atoms with Crippen LogP contribution in [0.2, 0.25) is 0 Å². The summed E-state index contributed by atoms with van der Waals surface area (Å²) in [5, 5.41) is 17.4. The molecule has 2 heteroatoms. The summed E-state index contributed by atoms with van der Waals surface area (Å²) in [5.74, 6) is 2.62. The fourth-order valence-electron chi connectivity index (χ4n) is 3.38. The van der Waals surface area contributed by atoms with E-state index in [-0.39, 0.29) is 0 Å². The molecule has 2 fully saturated rings. The number of nitriles is 2. The predicted octanol–water partition coefficient (Wildman–Crippen LogP) is 2.48. The molecule has 13 heavy (non-hydrogen) atoms. The summed E-state index contributed by atoms with van der Waals surface area (Å²) in [5.41, 5.74) is 0. The van der Waals surface area contributed by atoms with Crippen LogP contribution < -0.4 is 0 Å². The summed E-state index contributed by atoms with van der Waals surface area (Å²) in [6.45, 7) is 0. The van der Waals surface area contributed by atoms with Gasteiger partial charge in [0.25, 0.3) is 0 Å². The highest BCUT2D eigenvalue weighted by atomic mass is 14.5. The summed E-state index contributed by atoms with van der Waals surface area (Å²) in [6.07, 6.45) is 5.25. The average molecular weight is 174 g/mol. The highest BCUT2D eigenvalue weighted by molar-refractivity contribution is 5.01. The Labute approximate surface area is 79.2 Å². The molecule has 2 nitrogen and oxygen atoms in total. The van der Waals surface area contributed by atoms with Gasteiger partial charge in [-0.2, -0.15) is 10.5 Å². The molecule has 2 saturated carbocycles. The molecule has 0 heterocycles. The van der Waals surface area contributed by atoms with Crippen LogP contribution in [0.15, 0.2) is 0 Å². The molecule has 0 N–H and O–H groups in total. The van der Waals surface area contributed by atoms with Crippen LogP contribution in [0.4, 0.5) is 0 Å². The number of hydrogen-bond acceptors (Lipinski definition) is 2. The topological polar surface area (TPSA) is 47.6 Å². The molecule has 0 amide bonds. The molecule has 0 aromatic rings. The third kappa shape index (κ3) is 1.31. The lowest BCUT2D eigenvalue weighted by molar-refractivity contribution is 0.228. The van der Waals surface area contributed by atoms with Crippen molar-refractivity contribution in [1.29, 1.82) is 10.5 Å². The van der Waals surface area contributed by atoms with Crippen molar-refractivity contribution in [2.45, 2.75) is 32.1 Å². The largest absolute Gasteiger partial charge is 0.198 e. The Morgan fingerprint density at radius 1 is 0.923 bits per heavy atom. The maximum atomic E-state index is 8.71. The first-order valence-corrected chi connectivity index (χ1v) is 5.10. The van der Waals surface area contributed by atoms with Gasteiger partial charge in [-0.25, -0.2) is 0 Å². The molecule has 2 aliphatic rings. The molecular formula is C11H14N2. The number of fused-ring (bicyclic) bond motifs is 2. The second kappa shape index (κ2) is 3.38. The van der Waals surface area contributed by atoms with Gasteiger partial charge in [-0.1, -0.05) is 0 Å². The SMILES string of the molecule is N#CC[C@@H]1[C@@H]2CC[C@@H](C2)[C@@H]1CC#N. The van der Waals surface area contributed by atoms with Gasteiger partial charge in [-0.15, -0.1) is 0 Å². The van der Waals surface area contributed by atoms with Crippen LogP contribution in [-0.4, -0.2) is 0 Å². The van der Waals surface area contributed by atoms with E-state index in [2.05, 4.69) is 12.1 Å². The van der Waals surface area contributed by atoms with E-state index in [0.717, 1.165) is 11.8 Å². The first-order valence-electron chi connectivity index (χ1n) is 5.10. The molecule has 0 unspecified atom stereocenters. The molecule has 2 bridgehead atoms. The lowest BCUT2D eigenvalue weighted by atomic mass is 9.76. The van der Waals surface area contributed by atoms with Gasteiger partial charge in [0.2, 0.25) is 0 Å². The second-order valence-electron chi connectivity index (χ2n) is 4.39. The minimum absolute atomic E-state index is 0.545. The van der Waals surface area contributed by atoms with E-state index in [9.17, 15) is 0 Å². The zero-order chi connectivity index (χ0) is 9.26. The summed E-state index contributed by atoms with van der Waals surface area (Å²) < 4.78 is 0. The molecule has 0 aromatic carbocycles. The molecule has 0 radical (unpaired) electrons. The molecule has 0 aliphatic heterocycles. The van der Waals surface area contributed by atoms with Crippen molar-refractivity contribution in [2.24, 2.45) is 23.7 Å². The van der Waals surface area contributed by atoms with E-state index in [0.29, 0.717) is 24.7 Å². The highest BCUT2D eigenvalue weighted by Crippen LogP contribution is 2.54. The van der Waals surface area contributed by atoms with Gasteiger partial charge in [-0.3, -0.25) is 0 Å². The van der Waals surface area contributed by atoms with Crippen LogP contribution in [0.3, 0.4) is 0 Å². The number of rotatable bonds is 2. The third-order valence-electron chi connectivity index (χ3n) is 3.93. The molecule has 4 atom stereocenters. The minimum Gasteiger partial charge on any atom is -0.198 e. The van der Waals surface area contributed by atoms with Gasteiger partial charge in [0.1, 0.15) is 0 Å². The standard InChI is InChI=1S/C11H14N2/c12-5-3-10-8-1-2-9(7-8)11(10)4-6-13/h8-11H,1-4,7H2/t8-,9+,10-,11+. The van der Waals surface area contributed by atoms with E-state index < -0.39 is 0 Å². The van der Waals surface area contributed by atoms with E-state index >= 15 is 0 Å². The van der Waals surface area contributed by atoms with Crippen molar-refractivity contribution in [3.8, 4) is 12.1 Å². The van der Waals surface area contributed by atoms with Crippen molar-refractivity contribution in [3.63, 3.8) is 0 Å². The Hall–Kier alpha value is -1.02.